The van der Waals surface area contributed by atoms with Crippen LogP contribution < -0.4 is 10.6 Å². The Balaban J connectivity index is 1.87. The average Bonchev–Trinajstić information content (AvgIpc) is 3.19. The van der Waals surface area contributed by atoms with E-state index < -0.39 is 11.4 Å². The summed E-state index contributed by atoms with van der Waals surface area (Å²) >= 11 is 0. The van der Waals surface area contributed by atoms with Crippen LogP contribution in [0, 0.1) is 29.0 Å². The molecule has 2 N–H and O–H groups in total. The van der Waals surface area contributed by atoms with E-state index in [2.05, 4.69) is 20.7 Å². The summed E-state index contributed by atoms with van der Waals surface area (Å²) in [6.07, 6.45) is 1.98. The van der Waals surface area contributed by atoms with Crippen LogP contribution in [0.2, 0.25) is 0 Å². The van der Waals surface area contributed by atoms with Crippen LogP contribution in [0.4, 0.5) is 21.7 Å². The molecular formula is C27H35FN6O2. The highest BCUT2D eigenvalue weighted by molar-refractivity contribution is 5.83. The smallest absolute Gasteiger partial charge is 0.306 e. The van der Waals surface area contributed by atoms with Gasteiger partial charge in [0.05, 0.1) is 23.7 Å². The molecule has 36 heavy (non-hydrogen) atoms. The maximum atomic E-state index is 15.0. The first kappa shape index (κ1) is 26.9. The Hall–Kier alpha value is -3.67. The molecule has 2 atom stereocenters. The average molecular weight is 495 g/mol. The summed E-state index contributed by atoms with van der Waals surface area (Å²) in [5, 5.41) is 21.3. The number of hydrogen-bond acceptors (Lipinski definition) is 7. The van der Waals surface area contributed by atoms with Crippen molar-refractivity contribution in [3.63, 3.8) is 0 Å². The standard InChI is InChI=1S/C27H35FN6O2/c1-8-34-22-13-20(10-9-18(22)15-30-34)31-25-19(14-29)12-21(28)26(33-25)32-24(16(2)3)17(4)11-23(35)36-27(5,6)7/h9-10,12-13,15-17,24H,8,11H2,1-7H3,(H2,31,32,33)/t17-,24-/m1/s1. The zero-order valence-electron chi connectivity index (χ0n) is 22.0. The van der Waals surface area contributed by atoms with E-state index in [1.165, 1.54) is 6.07 Å². The number of pyridine rings is 1. The third kappa shape index (κ3) is 6.51. The maximum absolute atomic E-state index is 15.0. The summed E-state index contributed by atoms with van der Waals surface area (Å²) in [6, 6.07) is 8.64. The van der Waals surface area contributed by atoms with Gasteiger partial charge in [-0.05, 0) is 63.8 Å². The van der Waals surface area contributed by atoms with Gasteiger partial charge in [-0.25, -0.2) is 9.37 Å². The third-order valence-corrected chi connectivity index (χ3v) is 5.85. The molecule has 0 fully saturated rings. The lowest BCUT2D eigenvalue weighted by Gasteiger charge is -2.30. The number of aromatic nitrogens is 3. The topological polar surface area (TPSA) is 105 Å². The van der Waals surface area contributed by atoms with Gasteiger partial charge in [-0.3, -0.25) is 9.48 Å². The molecule has 3 rings (SSSR count). The summed E-state index contributed by atoms with van der Waals surface area (Å²) < 4.78 is 22.3. The number of carbonyl (C=O) groups excluding carboxylic acids is 1. The van der Waals surface area contributed by atoms with Crippen molar-refractivity contribution in [1.82, 2.24) is 14.8 Å². The number of rotatable bonds is 9. The van der Waals surface area contributed by atoms with Crippen molar-refractivity contribution in [2.45, 2.75) is 73.1 Å². The van der Waals surface area contributed by atoms with Crippen molar-refractivity contribution in [2.75, 3.05) is 10.6 Å². The molecule has 0 bridgehead atoms. The molecule has 0 spiro atoms. The van der Waals surface area contributed by atoms with Gasteiger partial charge in [0.2, 0.25) is 0 Å². The largest absolute Gasteiger partial charge is 0.460 e. The van der Waals surface area contributed by atoms with Gasteiger partial charge in [0, 0.05) is 23.7 Å². The number of nitrogens with one attached hydrogen (secondary N) is 2. The molecule has 1 aromatic carbocycles. The molecule has 0 aliphatic heterocycles. The Labute approximate surface area is 211 Å². The van der Waals surface area contributed by atoms with E-state index in [1.807, 2.05) is 77.4 Å². The molecule has 0 saturated heterocycles. The second-order valence-electron chi connectivity index (χ2n) is 10.4. The Morgan fingerprint density at radius 2 is 1.94 bits per heavy atom. The number of esters is 1. The highest BCUT2D eigenvalue weighted by atomic mass is 19.1. The first-order valence-corrected chi connectivity index (χ1v) is 12.2. The van der Waals surface area contributed by atoms with Crippen molar-refractivity contribution in [2.24, 2.45) is 11.8 Å². The van der Waals surface area contributed by atoms with E-state index in [4.69, 9.17) is 4.74 Å². The van der Waals surface area contributed by atoms with Crippen molar-refractivity contribution in [1.29, 1.82) is 5.26 Å². The number of nitriles is 1. The number of carbonyl (C=O) groups is 1. The van der Waals surface area contributed by atoms with Gasteiger partial charge >= 0.3 is 5.97 Å². The minimum atomic E-state index is -0.633. The zero-order valence-corrected chi connectivity index (χ0v) is 22.0. The molecule has 9 heteroatoms. The van der Waals surface area contributed by atoms with Crippen LogP contribution >= 0.6 is 0 Å². The van der Waals surface area contributed by atoms with Crippen LogP contribution in [0.15, 0.2) is 30.5 Å². The Kier molecular flexibility index (Phi) is 8.18. The second-order valence-corrected chi connectivity index (χ2v) is 10.4. The summed E-state index contributed by atoms with van der Waals surface area (Å²) in [7, 11) is 0. The van der Waals surface area contributed by atoms with Gasteiger partial charge in [0.25, 0.3) is 0 Å². The van der Waals surface area contributed by atoms with Crippen LogP contribution in [0.1, 0.15) is 60.5 Å². The molecule has 0 unspecified atom stereocenters. The van der Waals surface area contributed by atoms with E-state index in [9.17, 15) is 14.4 Å². The van der Waals surface area contributed by atoms with Crippen molar-refractivity contribution in [3.8, 4) is 6.07 Å². The van der Waals surface area contributed by atoms with E-state index in [1.54, 1.807) is 6.20 Å². The van der Waals surface area contributed by atoms with E-state index in [0.29, 0.717) is 5.69 Å². The highest BCUT2D eigenvalue weighted by Crippen LogP contribution is 2.28. The summed E-state index contributed by atoms with van der Waals surface area (Å²) in [4.78, 5) is 16.8. The number of ether oxygens (including phenoxy) is 1. The van der Waals surface area contributed by atoms with Crippen LogP contribution in [-0.2, 0) is 16.1 Å². The highest BCUT2D eigenvalue weighted by Gasteiger charge is 2.27. The van der Waals surface area contributed by atoms with Crippen LogP contribution in [0.25, 0.3) is 10.9 Å². The number of aryl methyl sites for hydroxylation is 1. The van der Waals surface area contributed by atoms with Crippen LogP contribution in [-0.4, -0.2) is 32.4 Å². The monoisotopic (exact) mass is 494 g/mol. The number of benzene rings is 1. The Morgan fingerprint density at radius 3 is 2.56 bits per heavy atom. The van der Waals surface area contributed by atoms with Gasteiger partial charge in [0.1, 0.15) is 11.7 Å². The fourth-order valence-corrected chi connectivity index (χ4v) is 4.20. The molecule has 8 nitrogen and oxygen atoms in total. The molecule has 0 saturated carbocycles. The SMILES string of the molecule is CCn1ncc2ccc(Nc3nc(N[C@H](C(C)C)[C@H](C)CC(=O)OC(C)(C)C)c(F)cc3C#N)cc21. The van der Waals surface area contributed by atoms with E-state index in [-0.39, 0.29) is 47.5 Å². The lowest BCUT2D eigenvalue weighted by Crippen LogP contribution is -2.36. The predicted octanol–water partition coefficient (Wildman–Crippen LogP) is 6.01. The van der Waals surface area contributed by atoms with Crippen LogP contribution in [0.5, 0.6) is 0 Å². The summed E-state index contributed by atoms with van der Waals surface area (Å²) in [5.41, 5.74) is 1.16. The fourth-order valence-electron chi connectivity index (χ4n) is 4.20. The molecular weight excluding hydrogens is 459 g/mol. The van der Waals surface area contributed by atoms with Gasteiger partial charge < -0.3 is 15.4 Å². The number of halogens is 1. The van der Waals surface area contributed by atoms with E-state index in [0.717, 1.165) is 17.4 Å². The summed E-state index contributed by atoms with van der Waals surface area (Å²) in [6.45, 7) is 14.1. The van der Waals surface area contributed by atoms with Crippen LogP contribution in [0.3, 0.4) is 0 Å². The fraction of sp³-hybridized carbons (Fsp3) is 0.481. The molecule has 192 valence electrons. The molecule has 2 aromatic heterocycles. The van der Waals surface area contributed by atoms with Crippen molar-refractivity contribution < 1.29 is 13.9 Å². The Bertz CT molecular complexity index is 1270. The number of anilines is 3. The molecule has 0 aliphatic rings. The molecule has 2 heterocycles. The van der Waals surface area contributed by atoms with Crippen molar-refractivity contribution >= 4 is 34.2 Å². The molecule has 0 aliphatic carbocycles. The van der Waals surface area contributed by atoms with Gasteiger partial charge in [-0.2, -0.15) is 10.4 Å². The molecule has 0 amide bonds. The lowest BCUT2D eigenvalue weighted by atomic mass is 9.89. The normalized spacial score (nSPS) is 13.3. The first-order valence-electron chi connectivity index (χ1n) is 12.2. The quantitative estimate of drug-likeness (QED) is 0.351. The van der Waals surface area contributed by atoms with E-state index >= 15 is 0 Å². The lowest BCUT2D eigenvalue weighted by molar-refractivity contribution is -0.156. The molecule has 0 radical (unpaired) electrons. The van der Waals surface area contributed by atoms with Gasteiger partial charge in [-0.15, -0.1) is 0 Å². The predicted molar refractivity (Wildman–Crippen MR) is 139 cm³/mol. The number of fused-ring (bicyclic) bond motifs is 1. The van der Waals surface area contributed by atoms with Gasteiger partial charge in [0.15, 0.2) is 17.5 Å². The Morgan fingerprint density at radius 1 is 1.22 bits per heavy atom. The molecule has 3 aromatic rings. The number of hydrogen-bond donors (Lipinski definition) is 2. The van der Waals surface area contributed by atoms with Crippen molar-refractivity contribution in [3.05, 3.63) is 41.8 Å². The number of nitrogens with zero attached hydrogens (tertiary/aromatic N) is 4. The zero-order chi connectivity index (χ0) is 26.6. The second kappa shape index (κ2) is 10.9. The minimum Gasteiger partial charge on any atom is -0.460 e. The minimum absolute atomic E-state index is 0.0194. The first-order chi connectivity index (χ1) is 16.9. The third-order valence-electron chi connectivity index (χ3n) is 5.85. The van der Waals surface area contributed by atoms with Gasteiger partial charge in [-0.1, -0.05) is 20.8 Å². The maximum Gasteiger partial charge on any atom is 0.306 e. The summed E-state index contributed by atoms with van der Waals surface area (Å²) in [5.74, 6) is -0.750.